The number of hydrogen-bond acceptors (Lipinski definition) is 4. The van der Waals surface area contributed by atoms with Gasteiger partial charge < -0.3 is 21.9 Å². The Morgan fingerprint density at radius 3 is 2.35 bits per heavy atom. The molecule has 0 aromatic heterocycles. The molecule has 0 spiro atoms. The largest absolute Gasteiger partial charge is 0.480 e. The number of carbonyl (C=O) groups excluding carboxylic acids is 1. The number of amides is 1. The number of carbonyl (C=O) groups is 2. The van der Waals surface area contributed by atoms with E-state index in [0.717, 1.165) is 5.56 Å². The van der Waals surface area contributed by atoms with Crippen LogP contribution in [0.1, 0.15) is 31.2 Å². The van der Waals surface area contributed by atoms with Crippen LogP contribution in [0, 0.1) is 0 Å². The number of aliphatic carboxylic acids is 1. The number of nitrogens with one attached hydrogen (secondary N) is 1. The van der Waals surface area contributed by atoms with Crippen molar-refractivity contribution < 1.29 is 14.7 Å². The van der Waals surface area contributed by atoms with Gasteiger partial charge in [-0.2, -0.15) is 0 Å². The van der Waals surface area contributed by atoms with Gasteiger partial charge in [-0.15, -0.1) is 0 Å². The first-order valence-corrected chi connectivity index (χ1v) is 6.51. The molecule has 1 aromatic carbocycles. The van der Waals surface area contributed by atoms with Gasteiger partial charge in [-0.3, -0.25) is 9.59 Å². The van der Waals surface area contributed by atoms with Crippen molar-refractivity contribution in [1.82, 2.24) is 0 Å². The van der Waals surface area contributed by atoms with Crippen LogP contribution in [0.15, 0.2) is 24.3 Å². The van der Waals surface area contributed by atoms with E-state index in [1.807, 2.05) is 0 Å². The van der Waals surface area contributed by atoms with Crippen molar-refractivity contribution in [1.29, 1.82) is 0 Å². The Labute approximate surface area is 118 Å². The number of anilines is 1. The molecular formula is C14H21N3O3. The second kappa shape index (κ2) is 7.62. The van der Waals surface area contributed by atoms with Crippen LogP contribution in [-0.4, -0.2) is 29.6 Å². The van der Waals surface area contributed by atoms with E-state index in [2.05, 4.69) is 5.32 Å². The maximum Gasteiger partial charge on any atom is 0.321 e. The normalized spacial score (nSPS) is 13.6. The summed E-state index contributed by atoms with van der Waals surface area (Å²) in [5.41, 5.74) is 12.7. The zero-order valence-electron chi connectivity index (χ0n) is 11.5. The number of benzene rings is 1. The van der Waals surface area contributed by atoms with E-state index in [1.165, 1.54) is 6.92 Å². The smallest absolute Gasteiger partial charge is 0.321 e. The molecule has 1 amide bonds. The van der Waals surface area contributed by atoms with Crippen molar-refractivity contribution >= 4 is 17.6 Å². The number of hydrogen-bond donors (Lipinski definition) is 4. The molecule has 0 saturated carbocycles. The molecule has 2 atom stereocenters. The maximum absolute atomic E-state index is 11.1. The van der Waals surface area contributed by atoms with Crippen LogP contribution >= 0.6 is 0 Å². The molecule has 0 bridgehead atoms. The summed E-state index contributed by atoms with van der Waals surface area (Å²) in [6, 6.07) is 6.08. The molecule has 2 unspecified atom stereocenters. The lowest BCUT2D eigenvalue weighted by molar-refractivity contribution is -0.139. The molecule has 6 N–H and O–H groups in total. The summed E-state index contributed by atoms with van der Waals surface area (Å²) in [5, 5.41) is 11.7. The van der Waals surface area contributed by atoms with E-state index < -0.39 is 12.0 Å². The Bertz CT molecular complexity index is 459. The molecule has 0 aliphatic rings. The third kappa shape index (κ3) is 4.64. The Morgan fingerprint density at radius 1 is 1.30 bits per heavy atom. The fourth-order valence-electron chi connectivity index (χ4n) is 2.08. The lowest BCUT2D eigenvalue weighted by atomic mass is 9.87. The van der Waals surface area contributed by atoms with Crippen molar-refractivity contribution in [2.45, 2.75) is 31.7 Å². The first kappa shape index (κ1) is 16.1. The predicted octanol–water partition coefficient (Wildman–Crippen LogP) is 0.879. The highest BCUT2D eigenvalue weighted by Crippen LogP contribution is 2.25. The standard InChI is InChI=1S/C14H21N3O3/c1-9(18)17-11-6-4-10(5-7-11)12(3-2-8-15)13(16)14(19)20/h4-7,12-13H,2-3,8,15-16H2,1H3,(H,17,18)(H,19,20). The van der Waals surface area contributed by atoms with Crippen LogP contribution < -0.4 is 16.8 Å². The second-order valence-corrected chi connectivity index (χ2v) is 4.70. The molecule has 1 aromatic rings. The minimum absolute atomic E-state index is 0.153. The highest BCUT2D eigenvalue weighted by molar-refractivity contribution is 5.88. The predicted molar refractivity (Wildman–Crippen MR) is 77.4 cm³/mol. The summed E-state index contributed by atoms with van der Waals surface area (Å²) in [7, 11) is 0. The third-order valence-corrected chi connectivity index (χ3v) is 3.10. The highest BCUT2D eigenvalue weighted by Gasteiger charge is 2.25. The SMILES string of the molecule is CC(=O)Nc1ccc(C(CCCN)C(N)C(=O)O)cc1. The Kier molecular flexibility index (Phi) is 6.14. The number of carboxylic acids is 1. The molecule has 0 fully saturated rings. The van der Waals surface area contributed by atoms with Gasteiger partial charge in [0.2, 0.25) is 5.91 Å². The summed E-state index contributed by atoms with van der Waals surface area (Å²) in [6.07, 6.45) is 1.32. The average Bonchev–Trinajstić information content (AvgIpc) is 2.40. The third-order valence-electron chi connectivity index (χ3n) is 3.10. The molecule has 20 heavy (non-hydrogen) atoms. The van der Waals surface area contributed by atoms with Gasteiger partial charge in [-0.25, -0.2) is 0 Å². The molecule has 0 radical (unpaired) electrons. The van der Waals surface area contributed by atoms with Crippen LogP contribution in [0.5, 0.6) is 0 Å². The minimum Gasteiger partial charge on any atom is -0.480 e. The van der Waals surface area contributed by atoms with Gasteiger partial charge in [-0.1, -0.05) is 12.1 Å². The van der Waals surface area contributed by atoms with Crippen LogP contribution in [0.25, 0.3) is 0 Å². The lowest BCUT2D eigenvalue weighted by Gasteiger charge is -2.21. The highest BCUT2D eigenvalue weighted by atomic mass is 16.4. The number of carboxylic acid groups (broad SMARTS) is 1. The van der Waals surface area contributed by atoms with E-state index in [4.69, 9.17) is 16.6 Å². The molecule has 0 aliphatic carbocycles. The van der Waals surface area contributed by atoms with Crippen LogP contribution in [-0.2, 0) is 9.59 Å². The quantitative estimate of drug-likeness (QED) is 0.591. The van der Waals surface area contributed by atoms with Crippen molar-refractivity contribution in [2.75, 3.05) is 11.9 Å². The molecule has 0 saturated heterocycles. The van der Waals surface area contributed by atoms with E-state index in [0.29, 0.717) is 25.1 Å². The van der Waals surface area contributed by atoms with Crippen LogP contribution in [0.2, 0.25) is 0 Å². The van der Waals surface area contributed by atoms with Crippen molar-refractivity contribution in [3.05, 3.63) is 29.8 Å². The summed E-state index contributed by atoms with van der Waals surface area (Å²) in [5.74, 6) is -1.47. The van der Waals surface area contributed by atoms with Gasteiger partial charge >= 0.3 is 5.97 Å². The molecule has 6 nitrogen and oxygen atoms in total. The zero-order chi connectivity index (χ0) is 15.1. The van der Waals surface area contributed by atoms with Gasteiger partial charge in [-0.05, 0) is 37.1 Å². The molecule has 110 valence electrons. The fourth-order valence-corrected chi connectivity index (χ4v) is 2.08. The van der Waals surface area contributed by atoms with Crippen molar-refractivity contribution in [3.8, 4) is 0 Å². The van der Waals surface area contributed by atoms with Crippen LogP contribution in [0.4, 0.5) is 5.69 Å². The summed E-state index contributed by atoms with van der Waals surface area (Å²) in [4.78, 5) is 22.0. The molecule has 1 rings (SSSR count). The summed E-state index contributed by atoms with van der Waals surface area (Å²) in [6.45, 7) is 1.92. The summed E-state index contributed by atoms with van der Waals surface area (Å²) >= 11 is 0. The van der Waals surface area contributed by atoms with Gasteiger partial charge in [0, 0.05) is 18.5 Å². The van der Waals surface area contributed by atoms with E-state index >= 15 is 0 Å². The number of nitrogens with two attached hydrogens (primary N) is 2. The Balaban J connectivity index is 2.89. The van der Waals surface area contributed by atoms with Crippen molar-refractivity contribution in [3.63, 3.8) is 0 Å². The monoisotopic (exact) mass is 279 g/mol. The molecular weight excluding hydrogens is 258 g/mol. The Morgan fingerprint density at radius 2 is 1.90 bits per heavy atom. The van der Waals surface area contributed by atoms with Gasteiger partial charge in [0.25, 0.3) is 0 Å². The zero-order valence-corrected chi connectivity index (χ0v) is 11.5. The molecule has 6 heteroatoms. The van der Waals surface area contributed by atoms with Gasteiger partial charge in [0.05, 0.1) is 0 Å². The minimum atomic E-state index is -1.03. The van der Waals surface area contributed by atoms with Gasteiger partial charge in [0.1, 0.15) is 6.04 Å². The molecule has 0 heterocycles. The van der Waals surface area contributed by atoms with Gasteiger partial charge in [0.15, 0.2) is 0 Å². The van der Waals surface area contributed by atoms with E-state index in [1.54, 1.807) is 24.3 Å². The summed E-state index contributed by atoms with van der Waals surface area (Å²) < 4.78 is 0. The first-order chi connectivity index (χ1) is 9.45. The number of rotatable bonds is 7. The lowest BCUT2D eigenvalue weighted by Crippen LogP contribution is -2.36. The Hall–Kier alpha value is -1.92. The molecule has 0 aliphatic heterocycles. The van der Waals surface area contributed by atoms with E-state index in [-0.39, 0.29) is 11.8 Å². The van der Waals surface area contributed by atoms with Crippen molar-refractivity contribution in [2.24, 2.45) is 11.5 Å². The van der Waals surface area contributed by atoms with E-state index in [9.17, 15) is 9.59 Å². The maximum atomic E-state index is 11.1. The van der Waals surface area contributed by atoms with Crippen LogP contribution in [0.3, 0.4) is 0 Å². The topological polar surface area (TPSA) is 118 Å². The second-order valence-electron chi connectivity index (χ2n) is 4.70. The fraction of sp³-hybridized carbons (Fsp3) is 0.429. The first-order valence-electron chi connectivity index (χ1n) is 6.51. The average molecular weight is 279 g/mol.